The summed E-state index contributed by atoms with van der Waals surface area (Å²) in [7, 11) is 0. The van der Waals surface area contributed by atoms with Crippen molar-refractivity contribution in [1.82, 2.24) is 5.32 Å². The van der Waals surface area contributed by atoms with Gasteiger partial charge in [-0.3, -0.25) is 9.59 Å². The van der Waals surface area contributed by atoms with E-state index >= 15 is 0 Å². The lowest BCUT2D eigenvalue weighted by Crippen LogP contribution is -2.48. The summed E-state index contributed by atoms with van der Waals surface area (Å²) in [6.45, 7) is 6.78. The minimum Gasteiger partial charge on any atom is -0.455 e. The molecule has 1 aromatic carbocycles. The van der Waals surface area contributed by atoms with Gasteiger partial charge in [-0.15, -0.1) is 0 Å². The van der Waals surface area contributed by atoms with Crippen LogP contribution in [-0.4, -0.2) is 24.5 Å². The van der Waals surface area contributed by atoms with Crippen LogP contribution in [0.2, 0.25) is 0 Å². The zero-order chi connectivity index (χ0) is 18.6. The summed E-state index contributed by atoms with van der Waals surface area (Å²) in [5, 5.41) is 3.16. The number of hydrogen-bond acceptors (Lipinski definition) is 3. The van der Waals surface area contributed by atoms with E-state index in [1.165, 1.54) is 6.42 Å². The molecule has 4 rings (SSSR count). The number of ether oxygens (including phenoxy) is 1. The van der Waals surface area contributed by atoms with E-state index in [-0.39, 0.29) is 35.4 Å². The third-order valence-electron chi connectivity index (χ3n) is 7.93. The Kier molecular flexibility index (Phi) is 3.94. The molecule has 1 aromatic rings. The molecule has 3 unspecified atom stereocenters. The highest BCUT2D eigenvalue weighted by Crippen LogP contribution is 2.65. The van der Waals surface area contributed by atoms with Gasteiger partial charge in [0.15, 0.2) is 6.61 Å². The number of benzene rings is 1. The molecule has 1 amide bonds. The zero-order valence-electron chi connectivity index (χ0n) is 16.0. The highest BCUT2D eigenvalue weighted by Gasteiger charge is 2.61. The van der Waals surface area contributed by atoms with Gasteiger partial charge in [0, 0.05) is 6.04 Å². The quantitative estimate of drug-likeness (QED) is 0.821. The maximum Gasteiger partial charge on any atom is 0.317 e. The molecule has 3 atom stereocenters. The van der Waals surface area contributed by atoms with Gasteiger partial charge in [0.25, 0.3) is 5.91 Å². The Morgan fingerprint density at radius 2 is 1.81 bits per heavy atom. The maximum atomic E-state index is 12.6. The Morgan fingerprint density at radius 3 is 2.35 bits per heavy atom. The lowest BCUT2D eigenvalue weighted by Gasteiger charge is -2.39. The summed E-state index contributed by atoms with van der Waals surface area (Å²) in [5.41, 5.74) is 0.862. The summed E-state index contributed by atoms with van der Waals surface area (Å²) in [5.74, 6) is 0.239. The number of hydrogen-bond donors (Lipinski definition) is 1. The van der Waals surface area contributed by atoms with E-state index in [1.807, 2.05) is 30.3 Å². The molecular formula is C22H29NO3. The van der Waals surface area contributed by atoms with Crippen LogP contribution in [0.4, 0.5) is 0 Å². The van der Waals surface area contributed by atoms with E-state index in [9.17, 15) is 9.59 Å². The maximum absolute atomic E-state index is 12.6. The van der Waals surface area contributed by atoms with Crippen LogP contribution in [0.15, 0.2) is 30.3 Å². The minimum absolute atomic E-state index is 0.138. The van der Waals surface area contributed by atoms with Crippen molar-refractivity contribution in [2.45, 2.75) is 64.3 Å². The number of nitrogens with one attached hydrogen (secondary N) is 1. The normalized spacial score (nSPS) is 32.9. The van der Waals surface area contributed by atoms with Crippen molar-refractivity contribution < 1.29 is 14.3 Å². The highest BCUT2D eigenvalue weighted by molar-refractivity contribution is 5.89. The predicted molar refractivity (Wildman–Crippen MR) is 99.5 cm³/mol. The molecule has 26 heavy (non-hydrogen) atoms. The Balaban J connectivity index is 1.34. The molecule has 0 saturated heterocycles. The zero-order valence-corrected chi connectivity index (χ0v) is 16.0. The van der Waals surface area contributed by atoms with Crippen LogP contribution in [0.25, 0.3) is 0 Å². The fourth-order valence-corrected chi connectivity index (χ4v) is 5.42. The van der Waals surface area contributed by atoms with E-state index in [1.54, 1.807) is 0 Å². The van der Waals surface area contributed by atoms with Gasteiger partial charge in [0.05, 0.1) is 5.41 Å². The molecule has 4 heteroatoms. The summed E-state index contributed by atoms with van der Waals surface area (Å²) < 4.78 is 5.41. The minimum atomic E-state index is -0.526. The monoisotopic (exact) mass is 355 g/mol. The molecule has 3 aliphatic carbocycles. The molecule has 3 saturated carbocycles. The molecule has 0 aliphatic heterocycles. The Morgan fingerprint density at radius 1 is 1.12 bits per heavy atom. The second kappa shape index (κ2) is 5.83. The first kappa shape index (κ1) is 17.6. The van der Waals surface area contributed by atoms with E-state index in [0.717, 1.165) is 31.2 Å². The van der Waals surface area contributed by atoms with Gasteiger partial charge in [-0.2, -0.15) is 0 Å². The Hall–Kier alpha value is -1.84. The van der Waals surface area contributed by atoms with Gasteiger partial charge in [-0.05, 0) is 54.4 Å². The van der Waals surface area contributed by atoms with Crippen LogP contribution < -0.4 is 5.32 Å². The number of esters is 1. The fourth-order valence-electron chi connectivity index (χ4n) is 5.42. The first-order valence-electron chi connectivity index (χ1n) is 9.82. The molecule has 0 spiro atoms. The molecule has 3 aliphatic rings. The molecule has 1 N–H and O–H groups in total. The van der Waals surface area contributed by atoms with Crippen molar-refractivity contribution >= 4 is 11.9 Å². The van der Waals surface area contributed by atoms with Crippen LogP contribution in [0, 0.1) is 16.7 Å². The molecule has 2 bridgehead atoms. The van der Waals surface area contributed by atoms with Crippen molar-refractivity contribution in [2.24, 2.45) is 16.7 Å². The molecule has 4 nitrogen and oxygen atoms in total. The smallest absolute Gasteiger partial charge is 0.317 e. The van der Waals surface area contributed by atoms with Crippen LogP contribution >= 0.6 is 0 Å². The van der Waals surface area contributed by atoms with Gasteiger partial charge >= 0.3 is 5.97 Å². The first-order chi connectivity index (χ1) is 12.3. The average Bonchev–Trinajstić information content (AvgIpc) is 3.37. The molecule has 0 radical (unpaired) electrons. The Labute approximate surface area is 155 Å². The third-order valence-corrected chi connectivity index (χ3v) is 7.93. The predicted octanol–water partition coefficient (Wildman–Crippen LogP) is 3.59. The van der Waals surface area contributed by atoms with Crippen LogP contribution in [0.3, 0.4) is 0 Å². The number of amides is 1. The summed E-state index contributed by atoms with van der Waals surface area (Å²) in [6, 6.07) is 9.93. The standard InChI is InChI=1S/C22H29NO3/c1-20(2)16-9-10-21(20,3)17(13-16)23-18(24)14-26-19(25)22(11-12-22)15-7-5-4-6-8-15/h4-8,16-17H,9-14H2,1-3H3,(H,23,24). The number of carbonyl (C=O) groups is 2. The van der Waals surface area contributed by atoms with E-state index in [2.05, 4.69) is 26.1 Å². The van der Waals surface area contributed by atoms with Crippen molar-refractivity contribution in [3.8, 4) is 0 Å². The first-order valence-corrected chi connectivity index (χ1v) is 9.82. The number of rotatable bonds is 5. The highest BCUT2D eigenvalue weighted by atomic mass is 16.5. The van der Waals surface area contributed by atoms with Gasteiger partial charge in [-0.1, -0.05) is 51.1 Å². The molecule has 140 valence electrons. The fraction of sp³-hybridized carbons (Fsp3) is 0.636. The van der Waals surface area contributed by atoms with Crippen molar-refractivity contribution in [3.05, 3.63) is 35.9 Å². The summed E-state index contributed by atoms with van der Waals surface area (Å²) >= 11 is 0. The Bertz CT molecular complexity index is 722. The second-order valence-corrected chi connectivity index (χ2v) is 9.25. The molecule has 0 heterocycles. The van der Waals surface area contributed by atoms with E-state index in [0.29, 0.717) is 5.92 Å². The topological polar surface area (TPSA) is 55.4 Å². The van der Waals surface area contributed by atoms with E-state index < -0.39 is 5.41 Å². The molecule has 3 fully saturated rings. The van der Waals surface area contributed by atoms with Crippen LogP contribution in [0.1, 0.15) is 58.4 Å². The van der Waals surface area contributed by atoms with Crippen molar-refractivity contribution in [2.75, 3.05) is 6.61 Å². The number of carbonyl (C=O) groups excluding carboxylic acids is 2. The third kappa shape index (κ3) is 2.49. The summed E-state index contributed by atoms with van der Waals surface area (Å²) in [4.78, 5) is 25.0. The molecular weight excluding hydrogens is 326 g/mol. The van der Waals surface area contributed by atoms with Gasteiger partial charge in [-0.25, -0.2) is 0 Å². The van der Waals surface area contributed by atoms with Gasteiger partial charge in [0.2, 0.25) is 0 Å². The van der Waals surface area contributed by atoms with Gasteiger partial charge in [0.1, 0.15) is 0 Å². The SMILES string of the molecule is CC1(C)C2CCC1(C)C(NC(=O)COC(=O)C1(c3ccccc3)CC1)C2. The average molecular weight is 355 g/mol. The largest absolute Gasteiger partial charge is 0.455 e. The number of fused-ring (bicyclic) bond motifs is 2. The van der Waals surface area contributed by atoms with Crippen molar-refractivity contribution in [1.29, 1.82) is 0 Å². The summed E-state index contributed by atoms with van der Waals surface area (Å²) in [6.07, 6.45) is 5.05. The van der Waals surface area contributed by atoms with Crippen LogP contribution in [-0.2, 0) is 19.7 Å². The second-order valence-electron chi connectivity index (χ2n) is 9.25. The van der Waals surface area contributed by atoms with Crippen molar-refractivity contribution in [3.63, 3.8) is 0 Å². The molecule has 0 aromatic heterocycles. The lowest BCUT2D eigenvalue weighted by molar-refractivity contribution is -0.151. The van der Waals surface area contributed by atoms with Crippen LogP contribution in [0.5, 0.6) is 0 Å². The van der Waals surface area contributed by atoms with Gasteiger partial charge < -0.3 is 10.1 Å². The lowest BCUT2D eigenvalue weighted by atomic mass is 9.69. The van der Waals surface area contributed by atoms with E-state index in [4.69, 9.17) is 4.74 Å².